The number of hydrogen-bond donors (Lipinski definition) is 1. The summed E-state index contributed by atoms with van der Waals surface area (Å²) in [5.74, 6) is 0. The van der Waals surface area contributed by atoms with E-state index in [9.17, 15) is 0 Å². The molecule has 0 bridgehead atoms. The number of anilines is 1. The minimum atomic E-state index is 0.399. The van der Waals surface area contributed by atoms with Crippen molar-refractivity contribution >= 4 is 38.0 Å². The molecule has 0 aliphatic rings. The number of aromatic nitrogens is 1. The molecule has 2 heterocycles. The molecule has 0 spiro atoms. The van der Waals surface area contributed by atoms with Gasteiger partial charge in [0, 0.05) is 6.04 Å². The number of nitrogens with one attached hydrogen (secondary N) is 1. The van der Waals surface area contributed by atoms with E-state index in [4.69, 9.17) is 4.98 Å². The minimum Gasteiger partial charge on any atom is -0.359 e. The Labute approximate surface area is 121 Å². The average Bonchev–Trinajstić information content (AvgIpc) is 2.98. The van der Waals surface area contributed by atoms with Crippen LogP contribution in [0.2, 0.25) is 0 Å². The van der Waals surface area contributed by atoms with Crippen LogP contribution in [0.1, 0.15) is 18.1 Å². The summed E-state index contributed by atoms with van der Waals surface area (Å²) in [6, 6.07) is 8.92. The summed E-state index contributed by atoms with van der Waals surface area (Å²) in [6.07, 6.45) is 1.04. The predicted octanol–water partition coefficient (Wildman–Crippen LogP) is 4.71. The molecule has 2 aromatic heterocycles. The number of para-hydroxylation sites is 1. The van der Waals surface area contributed by atoms with Gasteiger partial charge in [-0.25, -0.2) is 4.98 Å². The lowest BCUT2D eigenvalue weighted by Gasteiger charge is -2.11. The fourth-order valence-electron chi connectivity index (χ4n) is 2.17. The Bertz CT molecular complexity index is 671. The van der Waals surface area contributed by atoms with Crippen molar-refractivity contribution in [2.75, 3.05) is 5.32 Å². The number of hydrogen-bond acceptors (Lipinski definition) is 4. The highest BCUT2D eigenvalue weighted by atomic mass is 32.1. The van der Waals surface area contributed by atoms with Crippen molar-refractivity contribution in [3.63, 3.8) is 0 Å². The monoisotopic (exact) mass is 288 g/mol. The third-order valence-electron chi connectivity index (χ3n) is 3.11. The van der Waals surface area contributed by atoms with Crippen LogP contribution in [0.4, 0.5) is 5.13 Å². The minimum absolute atomic E-state index is 0.399. The first-order chi connectivity index (χ1) is 9.22. The van der Waals surface area contributed by atoms with Gasteiger partial charge in [-0.2, -0.15) is 11.3 Å². The average molecular weight is 288 g/mol. The molecule has 19 heavy (non-hydrogen) atoms. The van der Waals surface area contributed by atoms with Crippen LogP contribution in [0.25, 0.3) is 10.2 Å². The number of benzene rings is 1. The molecule has 2 nitrogen and oxygen atoms in total. The summed E-state index contributed by atoms with van der Waals surface area (Å²) in [5.41, 5.74) is 3.76. The molecular weight excluding hydrogens is 272 g/mol. The predicted molar refractivity (Wildman–Crippen MR) is 85.5 cm³/mol. The van der Waals surface area contributed by atoms with Crippen LogP contribution in [0.15, 0.2) is 35.0 Å². The van der Waals surface area contributed by atoms with E-state index >= 15 is 0 Å². The third kappa shape index (κ3) is 2.80. The van der Waals surface area contributed by atoms with E-state index in [1.807, 2.05) is 0 Å². The van der Waals surface area contributed by atoms with E-state index in [0.29, 0.717) is 6.04 Å². The van der Waals surface area contributed by atoms with Crippen molar-refractivity contribution < 1.29 is 0 Å². The largest absolute Gasteiger partial charge is 0.359 e. The Balaban J connectivity index is 1.76. The Morgan fingerprint density at radius 3 is 2.95 bits per heavy atom. The maximum Gasteiger partial charge on any atom is 0.184 e. The molecule has 0 aliphatic carbocycles. The highest BCUT2D eigenvalue weighted by molar-refractivity contribution is 7.22. The maximum atomic E-state index is 4.69. The Morgan fingerprint density at radius 2 is 2.21 bits per heavy atom. The molecule has 1 unspecified atom stereocenters. The molecule has 0 radical (unpaired) electrons. The van der Waals surface area contributed by atoms with Crippen molar-refractivity contribution in [2.24, 2.45) is 0 Å². The van der Waals surface area contributed by atoms with Gasteiger partial charge in [-0.05, 0) is 54.3 Å². The van der Waals surface area contributed by atoms with Crippen molar-refractivity contribution in [3.05, 3.63) is 46.2 Å². The van der Waals surface area contributed by atoms with E-state index in [2.05, 4.69) is 54.2 Å². The Kier molecular flexibility index (Phi) is 3.53. The van der Waals surface area contributed by atoms with Crippen molar-refractivity contribution in [3.8, 4) is 0 Å². The zero-order valence-electron chi connectivity index (χ0n) is 11.0. The van der Waals surface area contributed by atoms with Gasteiger partial charge in [0.25, 0.3) is 0 Å². The topological polar surface area (TPSA) is 24.9 Å². The van der Waals surface area contributed by atoms with Gasteiger partial charge in [-0.15, -0.1) is 0 Å². The van der Waals surface area contributed by atoms with Crippen molar-refractivity contribution in [2.45, 2.75) is 26.3 Å². The summed E-state index contributed by atoms with van der Waals surface area (Å²) in [5, 5.41) is 8.87. The van der Waals surface area contributed by atoms with Gasteiger partial charge >= 0.3 is 0 Å². The van der Waals surface area contributed by atoms with E-state index in [1.54, 1.807) is 22.7 Å². The lowest BCUT2D eigenvalue weighted by molar-refractivity contribution is 0.791. The van der Waals surface area contributed by atoms with Gasteiger partial charge in [0.05, 0.1) is 10.2 Å². The SMILES string of the molecule is Cc1cccc2sc(NC(C)Cc3ccsc3)nc12. The van der Waals surface area contributed by atoms with Crippen molar-refractivity contribution in [1.82, 2.24) is 4.98 Å². The van der Waals surface area contributed by atoms with Crippen LogP contribution < -0.4 is 5.32 Å². The molecule has 3 aromatic rings. The normalized spacial score (nSPS) is 12.7. The van der Waals surface area contributed by atoms with E-state index in [-0.39, 0.29) is 0 Å². The van der Waals surface area contributed by atoms with Gasteiger partial charge in [-0.3, -0.25) is 0 Å². The lowest BCUT2D eigenvalue weighted by atomic mass is 10.1. The van der Waals surface area contributed by atoms with Crippen LogP contribution in [-0.2, 0) is 6.42 Å². The molecule has 4 heteroatoms. The number of aryl methyl sites for hydroxylation is 1. The fraction of sp³-hybridized carbons (Fsp3) is 0.267. The standard InChI is InChI=1S/C15H16N2S2/c1-10-4-3-5-13-14(10)17-15(19-13)16-11(2)8-12-6-7-18-9-12/h3-7,9,11H,8H2,1-2H3,(H,16,17). The number of rotatable bonds is 4. The zero-order chi connectivity index (χ0) is 13.2. The summed E-state index contributed by atoms with van der Waals surface area (Å²) >= 11 is 3.49. The number of thiazole rings is 1. The summed E-state index contributed by atoms with van der Waals surface area (Å²) in [4.78, 5) is 4.69. The molecular formula is C15H16N2S2. The first-order valence-electron chi connectivity index (χ1n) is 6.36. The number of fused-ring (bicyclic) bond motifs is 1. The van der Waals surface area contributed by atoms with Crippen LogP contribution in [0.5, 0.6) is 0 Å². The fourth-order valence-corrected chi connectivity index (χ4v) is 3.91. The quantitative estimate of drug-likeness (QED) is 0.752. The first kappa shape index (κ1) is 12.6. The Hall–Kier alpha value is -1.39. The maximum absolute atomic E-state index is 4.69. The summed E-state index contributed by atoms with van der Waals surface area (Å²) in [6.45, 7) is 4.32. The molecule has 0 fully saturated rings. The molecule has 1 atom stereocenters. The van der Waals surface area contributed by atoms with E-state index in [1.165, 1.54) is 15.8 Å². The van der Waals surface area contributed by atoms with Crippen LogP contribution in [0, 0.1) is 6.92 Å². The van der Waals surface area contributed by atoms with Gasteiger partial charge < -0.3 is 5.32 Å². The van der Waals surface area contributed by atoms with Crippen LogP contribution >= 0.6 is 22.7 Å². The molecule has 0 amide bonds. The highest BCUT2D eigenvalue weighted by Crippen LogP contribution is 2.28. The van der Waals surface area contributed by atoms with Gasteiger partial charge in [-0.1, -0.05) is 23.5 Å². The number of nitrogens with zero attached hydrogens (tertiary/aromatic N) is 1. The number of thiophene rings is 1. The van der Waals surface area contributed by atoms with Gasteiger partial charge in [0.2, 0.25) is 0 Å². The molecule has 1 aromatic carbocycles. The van der Waals surface area contributed by atoms with Crippen molar-refractivity contribution in [1.29, 1.82) is 0 Å². The van der Waals surface area contributed by atoms with Crippen LogP contribution in [0.3, 0.4) is 0 Å². The second-order valence-electron chi connectivity index (χ2n) is 4.82. The zero-order valence-corrected chi connectivity index (χ0v) is 12.6. The van der Waals surface area contributed by atoms with Crippen LogP contribution in [-0.4, -0.2) is 11.0 Å². The second kappa shape index (κ2) is 5.31. The summed E-state index contributed by atoms with van der Waals surface area (Å²) < 4.78 is 1.25. The third-order valence-corrected chi connectivity index (χ3v) is 4.80. The molecule has 0 saturated carbocycles. The van der Waals surface area contributed by atoms with Gasteiger partial charge in [0.15, 0.2) is 5.13 Å². The molecule has 98 valence electrons. The highest BCUT2D eigenvalue weighted by Gasteiger charge is 2.09. The summed E-state index contributed by atoms with van der Waals surface area (Å²) in [7, 11) is 0. The first-order valence-corrected chi connectivity index (χ1v) is 8.12. The molecule has 1 N–H and O–H groups in total. The second-order valence-corrected chi connectivity index (χ2v) is 6.63. The lowest BCUT2D eigenvalue weighted by Crippen LogP contribution is -2.17. The van der Waals surface area contributed by atoms with E-state index < -0.39 is 0 Å². The molecule has 0 saturated heterocycles. The smallest absolute Gasteiger partial charge is 0.184 e. The van der Waals surface area contributed by atoms with E-state index in [0.717, 1.165) is 17.1 Å². The van der Waals surface area contributed by atoms with Gasteiger partial charge in [0.1, 0.15) is 0 Å². The molecule has 0 aliphatic heterocycles. The Morgan fingerprint density at radius 1 is 1.32 bits per heavy atom. The molecule has 3 rings (SSSR count).